The maximum atomic E-state index is 11.7. The van der Waals surface area contributed by atoms with Crippen LogP contribution in [0.2, 0.25) is 0 Å². The van der Waals surface area contributed by atoms with E-state index in [0.717, 1.165) is 26.1 Å². The van der Waals surface area contributed by atoms with Crippen molar-refractivity contribution in [2.75, 3.05) is 26.2 Å². The number of piperidine rings is 1. The number of nitrogens with two attached hydrogens (primary N) is 1. The zero-order valence-corrected chi connectivity index (χ0v) is 12.2. The second-order valence-corrected chi connectivity index (χ2v) is 6.14. The summed E-state index contributed by atoms with van der Waals surface area (Å²) in [7, 11) is 0. The fraction of sp³-hybridized carbons (Fsp3) is 0.929. The van der Waals surface area contributed by atoms with Crippen molar-refractivity contribution < 1.29 is 4.79 Å². The molecule has 0 radical (unpaired) electrons. The fourth-order valence-electron chi connectivity index (χ4n) is 2.41. The number of carbonyl (C=O) groups excluding carboxylic acids is 1. The van der Waals surface area contributed by atoms with Crippen LogP contribution in [-0.2, 0) is 4.79 Å². The second kappa shape index (κ2) is 7.10. The topological polar surface area (TPSA) is 58.4 Å². The summed E-state index contributed by atoms with van der Waals surface area (Å²) in [6, 6.07) is 0.206. The molecule has 1 fully saturated rings. The number of nitrogens with one attached hydrogen (secondary N) is 1. The van der Waals surface area contributed by atoms with Crippen LogP contribution in [0, 0.1) is 5.41 Å². The van der Waals surface area contributed by atoms with E-state index in [-0.39, 0.29) is 11.9 Å². The van der Waals surface area contributed by atoms with Crippen LogP contribution in [-0.4, -0.2) is 43.0 Å². The smallest absolute Gasteiger partial charge is 0.221 e. The van der Waals surface area contributed by atoms with Gasteiger partial charge in [-0.05, 0) is 37.8 Å². The molecule has 106 valence electrons. The van der Waals surface area contributed by atoms with Gasteiger partial charge in [0.1, 0.15) is 0 Å². The van der Waals surface area contributed by atoms with E-state index in [9.17, 15) is 4.79 Å². The SMILES string of the molecule is CCCNC(=O)CC(CN)N1CCC(C)(C)CC1. The molecule has 1 saturated heterocycles. The quantitative estimate of drug-likeness (QED) is 0.753. The molecular formula is C14H29N3O. The van der Waals surface area contributed by atoms with Crippen molar-refractivity contribution >= 4 is 5.91 Å². The summed E-state index contributed by atoms with van der Waals surface area (Å²) in [6.07, 6.45) is 3.91. The van der Waals surface area contributed by atoms with Crippen LogP contribution in [0.3, 0.4) is 0 Å². The van der Waals surface area contributed by atoms with Crippen LogP contribution < -0.4 is 11.1 Å². The average molecular weight is 255 g/mol. The van der Waals surface area contributed by atoms with Gasteiger partial charge in [0.2, 0.25) is 5.91 Å². The summed E-state index contributed by atoms with van der Waals surface area (Å²) in [5.41, 5.74) is 6.27. The van der Waals surface area contributed by atoms with Gasteiger partial charge >= 0.3 is 0 Å². The summed E-state index contributed by atoms with van der Waals surface area (Å²) in [6.45, 7) is 10.2. The summed E-state index contributed by atoms with van der Waals surface area (Å²) in [4.78, 5) is 14.1. The molecule has 4 nitrogen and oxygen atoms in total. The Morgan fingerprint density at radius 1 is 1.39 bits per heavy atom. The first-order chi connectivity index (χ1) is 8.48. The molecular weight excluding hydrogens is 226 g/mol. The van der Waals surface area contributed by atoms with E-state index >= 15 is 0 Å². The highest BCUT2D eigenvalue weighted by Gasteiger charge is 2.29. The summed E-state index contributed by atoms with van der Waals surface area (Å²) >= 11 is 0. The van der Waals surface area contributed by atoms with Gasteiger partial charge in [-0.2, -0.15) is 0 Å². The van der Waals surface area contributed by atoms with Crippen LogP contribution >= 0.6 is 0 Å². The molecule has 18 heavy (non-hydrogen) atoms. The predicted octanol–water partition coefficient (Wildman–Crippen LogP) is 1.35. The van der Waals surface area contributed by atoms with Crippen molar-refractivity contribution in [3.63, 3.8) is 0 Å². The Hall–Kier alpha value is -0.610. The number of amides is 1. The minimum atomic E-state index is 0.136. The molecule has 0 bridgehead atoms. The minimum Gasteiger partial charge on any atom is -0.356 e. The number of hydrogen-bond donors (Lipinski definition) is 2. The molecule has 0 aromatic rings. The highest BCUT2D eigenvalue weighted by Crippen LogP contribution is 2.30. The predicted molar refractivity (Wildman–Crippen MR) is 75.3 cm³/mol. The van der Waals surface area contributed by atoms with Gasteiger partial charge in [0, 0.05) is 25.6 Å². The van der Waals surface area contributed by atoms with E-state index in [1.807, 2.05) is 0 Å². The summed E-state index contributed by atoms with van der Waals surface area (Å²) in [5.74, 6) is 0.136. The van der Waals surface area contributed by atoms with E-state index in [1.54, 1.807) is 0 Å². The van der Waals surface area contributed by atoms with Crippen molar-refractivity contribution in [2.24, 2.45) is 11.1 Å². The molecule has 1 amide bonds. The standard InChI is InChI=1S/C14H29N3O/c1-4-7-16-13(18)10-12(11-15)17-8-5-14(2,3)6-9-17/h12H,4-11,15H2,1-3H3,(H,16,18). The number of hydrogen-bond acceptors (Lipinski definition) is 3. The van der Waals surface area contributed by atoms with Crippen molar-refractivity contribution in [2.45, 2.75) is 52.5 Å². The van der Waals surface area contributed by atoms with Crippen molar-refractivity contribution in [1.82, 2.24) is 10.2 Å². The maximum Gasteiger partial charge on any atom is 0.221 e. The Balaban J connectivity index is 2.39. The Morgan fingerprint density at radius 3 is 2.50 bits per heavy atom. The number of nitrogens with zero attached hydrogens (tertiary/aromatic N) is 1. The van der Waals surface area contributed by atoms with Crippen LogP contribution in [0.1, 0.15) is 46.5 Å². The van der Waals surface area contributed by atoms with Gasteiger partial charge in [0.15, 0.2) is 0 Å². The molecule has 0 aliphatic carbocycles. The summed E-state index contributed by atoms with van der Waals surface area (Å²) in [5, 5.41) is 2.93. The van der Waals surface area contributed by atoms with Crippen molar-refractivity contribution in [3.8, 4) is 0 Å². The van der Waals surface area contributed by atoms with Crippen LogP contribution in [0.15, 0.2) is 0 Å². The zero-order valence-electron chi connectivity index (χ0n) is 12.2. The lowest BCUT2D eigenvalue weighted by molar-refractivity contribution is -0.122. The maximum absolute atomic E-state index is 11.7. The lowest BCUT2D eigenvalue weighted by atomic mass is 9.82. The Labute approximate surface area is 111 Å². The molecule has 1 unspecified atom stereocenters. The van der Waals surface area contributed by atoms with Crippen molar-refractivity contribution in [1.29, 1.82) is 0 Å². The third kappa shape index (κ3) is 4.94. The van der Waals surface area contributed by atoms with E-state index in [1.165, 1.54) is 12.8 Å². The van der Waals surface area contributed by atoms with E-state index in [0.29, 0.717) is 18.4 Å². The zero-order chi connectivity index (χ0) is 13.6. The Bertz CT molecular complexity index is 256. The number of likely N-dealkylation sites (tertiary alicyclic amines) is 1. The molecule has 1 atom stereocenters. The molecule has 1 aliphatic heterocycles. The second-order valence-electron chi connectivity index (χ2n) is 6.14. The minimum absolute atomic E-state index is 0.136. The first-order valence-corrected chi connectivity index (χ1v) is 7.19. The number of carbonyl (C=O) groups is 1. The molecule has 1 rings (SSSR count). The largest absolute Gasteiger partial charge is 0.356 e. The lowest BCUT2D eigenvalue weighted by Crippen LogP contribution is -2.48. The van der Waals surface area contributed by atoms with Gasteiger partial charge < -0.3 is 11.1 Å². The molecule has 0 aromatic heterocycles. The molecule has 0 aromatic carbocycles. The highest BCUT2D eigenvalue weighted by atomic mass is 16.1. The molecule has 0 spiro atoms. The Morgan fingerprint density at radius 2 is 2.00 bits per heavy atom. The van der Waals surface area contributed by atoms with E-state index in [4.69, 9.17) is 5.73 Å². The number of rotatable bonds is 6. The lowest BCUT2D eigenvalue weighted by Gasteiger charge is -2.40. The van der Waals surface area contributed by atoms with Gasteiger partial charge in [-0.3, -0.25) is 9.69 Å². The van der Waals surface area contributed by atoms with Crippen molar-refractivity contribution in [3.05, 3.63) is 0 Å². The Kier molecular flexibility index (Phi) is 6.09. The van der Waals surface area contributed by atoms with Gasteiger partial charge in [-0.1, -0.05) is 20.8 Å². The third-order valence-corrected chi connectivity index (χ3v) is 3.93. The third-order valence-electron chi connectivity index (χ3n) is 3.93. The van der Waals surface area contributed by atoms with Gasteiger partial charge in [-0.25, -0.2) is 0 Å². The van der Waals surface area contributed by atoms with E-state index in [2.05, 4.69) is 31.0 Å². The molecule has 4 heteroatoms. The molecule has 1 aliphatic rings. The van der Waals surface area contributed by atoms with Crippen LogP contribution in [0.5, 0.6) is 0 Å². The monoisotopic (exact) mass is 255 g/mol. The van der Waals surface area contributed by atoms with Gasteiger partial charge in [0.25, 0.3) is 0 Å². The highest BCUT2D eigenvalue weighted by molar-refractivity contribution is 5.76. The van der Waals surface area contributed by atoms with Crippen LogP contribution in [0.25, 0.3) is 0 Å². The molecule has 0 saturated carbocycles. The summed E-state index contributed by atoms with van der Waals surface area (Å²) < 4.78 is 0. The first-order valence-electron chi connectivity index (χ1n) is 7.19. The molecule has 1 heterocycles. The normalized spacial score (nSPS) is 21.6. The van der Waals surface area contributed by atoms with Crippen LogP contribution in [0.4, 0.5) is 0 Å². The first kappa shape index (κ1) is 15.4. The van der Waals surface area contributed by atoms with E-state index < -0.39 is 0 Å². The average Bonchev–Trinajstić information content (AvgIpc) is 2.34. The molecule has 3 N–H and O–H groups in total. The fourth-order valence-corrected chi connectivity index (χ4v) is 2.41. The van der Waals surface area contributed by atoms with Gasteiger partial charge in [-0.15, -0.1) is 0 Å². The van der Waals surface area contributed by atoms with Gasteiger partial charge in [0.05, 0.1) is 0 Å².